The molecule has 38 heavy (non-hydrogen) atoms. The number of rotatable bonds is 11. The summed E-state index contributed by atoms with van der Waals surface area (Å²) >= 11 is 6.09. The molecule has 1 aliphatic rings. The molecule has 1 N–H and O–H groups in total. The highest BCUT2D eigenvalue weighted by Gasteiger charge is 2.25. The van der Waals surface area contributed by atoms with Gasteiger partial charge in [-0.05, 0) is 41.8 Å². The molecule has 0 fully saturated rings. The molecule has 11 heteroatoms. The fraction of sp³-hybridized carbons (Fsp3) is 0.296. The molecule has 4 rings (SSSR count). The van der Waals surface area contributed by atoms with Crippen LogP contribution in [0.2, 0.25) is 5.02 Å². The van der Waals surface area contributed by atoms with Crippen LogP contribution < -0.4 is 20.3 Å². The van der Waals surface area contributed by atoms with Gasteiger partial charge in [-0.2, -0.15) is 8.78 Å². The maximum absolute atomic E-state index is 13.5. The molecule has 2 aromatic carbocycles. The van der Waals surface area contributed by atoms with Gasteiger partial charge in [0.05, 0.1) is 25.8 Å². The smallest absolute Gasteiger partial charge is 0.387 e. The fourth-order valence-electron chi connectivity index (χ4n) is 4.45. The molecule has 1 unspecified atom stereocenters. The number of alkyl halides is 2. The van der Waals surface area contributed by atoms with Crippen molar-refractivity contribution in [2.24, 2.45) is 0 Å². The highest BCUT2D eigenvalue weighted by atomic mass is 35.5. The lowest BCUT2D eigenvalue weighted by Crippen LogP contribution is -2.31. The number of Topliss-reactive ketones (excluding diaryl/α,β-unsaturated/α-hetero) is 1. The second-order valence-corrected chi connectivity index (χ2v) is 9.11. The number of carbonyl (C=O) groups is 2. The number of ketones is 1. The van der Waals surface area contributed by atoms with Crippen LogP contribution in [0.3, 0.4) is 0 Å². The van der Waals surface area contributed by atoms with E-state index in [0.717, 1.165) is 11.3 Å². The number of anilines is 1. The van der Waals surface area contributed by atoms with Crippen molar-refractivity contribution in [2.75, 3.05) is 26.1 Å². The Balaban J connectivity index is 1.71. The molecule has 0 spiro atoms. The van der Waals surface area contributed by atoms with E-state index < -0.39 is 18.2 Å². The van der Waals surface area contributed by atoms with Gasteiger partial charge < -0.3 is 24.1 Å². The molecule has 0 saturated heterocycles. The third-order valence-electron chi connectivity index (χ3n) is 6.19. The van der Waals surface area contributed by atoms with E-state index in [2.05, 4.69) is 10.1 Å². The molecule has 0 radical (unpaired) electrons. The highest BCUT2D eigenvalue weighted by Crippen LogP contribution is 2.38. The van der Waals surface area contributed by atoms with Crippen molar-refractivity contribution in [3.05, 3.63) is 75.2 Å². The molecule has 200 valence electrons. The van der Waals surface area contributed by atoms with Gasteiger partial charge in [-0.25, -0.2) is 0 Å². The van der Waals surface area contributed by atoms with Crippen molar-refractivity contribution in [1.29, 1.82) is 0 Å². The number of carbonyl (C=O) groups excluding carboxylic acids is 2. The summed E-state index contributed by atoms with van der Waals surface area (Å²) in [6, 6.07) is 9.67. The Kier molecular flexibility index (Phi) is 8.43. The lowest BCUT2D eigenvalue weighted by molar-refractivity contribution is -0.122. The number of aromatic nitrogens is 1. The molecule has 0 aliphatic carbocycles. The Morgan fingerprint density at radius 1 is 1.08 bits per heavy atom. The number of pyridine rings is 1. The van der Waals surface area contributed by atoms with Crippen LogP contribution in [0.4, 0.5) is 14.5 Å². The second kappa shape index (κ2) is 11.7. The maximum Gasteiger partial charge on any atom is 0.387 e. The number of fused-ring (bicyclic) bond motifs is 1. The lowest BCUT2D eigenvalue weighted by atomic mass is 9.98. The predicted octanol–water partition coefficient (Wildman–Crippen LogP) is 4.66. The van der Waals surface area contributed by atoms with Crippen LogP contribution >= 0.6 is 11.6 Å². The molecular formula is C27H25ClF2N2O6. The first-order valence-corrected chi connectivity index (χ1v) is 12.1. The van der Waals surface area contributed by atoms with Crippen molar-refractivity contribution in [2.45, 2.75) is 31.9 Å². The molecular weight excluding hydrogens is 522 g/mol. The number of nitrogens with zero attached hydrogens (tertiary/aromatic N) is 1. The standard InChI is InChI=1S/C27H25ClF2N2O6/c1-36-8-7-21(22(33)10-15-3-5-20-16(9-15)11-25(34)31-20)32-14-24(37-2)19(13-26(32)35)18-12-17(28)4-6-23(18)38-27(29)30/h3-6,9,12-14,21,27H,7-8,10-11H2,1-2H3,(H,31,34). The Bertz CT molecular complexity index is 1430. The van der Waals surface area contributed by atoms with Crippen molar-refractivity contribution < 1.29 is 32.6 Å². The minimum absolute atomic E-state index is 0.0209. The van der Waals surface area contributed by atoms with Gasteiger partial charge >= 0.3 is 6.61 Å². The van der Waals surface area contributed by atoms with Gasteiger partial charge in [-0.15, -0.1) is 0 Å². The zero-order valence-corrected chi connectivity index (χ0v) is 21.4. The van der Waals surface area contributed by atoms with Gasteiger partial charge in [0.25, 0.3) is 5.56 Å². The first-order chi connectivity index (χ1) is 18.2. The van der Waals surface area contributed by atoms with E-state index in [0.29, 0.717) is 5.56 Å². The largest absolute Gasteiger partial charge is 0.495 e. The Morgan fingerprint density at radius 2 is 1.84 bits per heavy atom. The van der Waals surface area contributed by atoms with Crippen LogP contribution in [0.5, 0.6) is 11.5 Å². The summed E-state index contributed by atoms with van der Waals surface area (Å²) in [6.45, 7) is -2.89. The quantitative estimate of drug-likeness (QED) is 0.376. The maximum atomic E-state index is 13.5. The number of hydrogen-bond donors (Lipinski definition) is 1. The molecule has 1 atom stereocenters. The predicted molar refractivity (Wildman–Crippen MR) is 137 cm³/mol. The average Bonchev–Trinajstić information content (AvgIpc) is 3.25. The second-order valence-electron chi connectivity index (χ2n) is 8.68. The number of benzene rings is 2. The van der Waals surface area contributed by atoms with E-state index in [1.165, 1.54) is 49.2 Å². The van der Waals surface area contributed by atoms with E-state index in [1.54, 1.807) is 18.2 Å². The van der Waals surface area contributed by atoms with Crippen molar-refractivity contribution in [3.8, 4) is 22.6 Å². The number of methoxy groups -OCH3 is 2. The minimum Gasteiger partial charge on any atom is -0.495 e. The third kappa shape index (κ3) is 6.03. The number of ether oxygens (including phenoxy) is 3. The molecule has 0 saturated carbocycles. The van der Waals surface area contributed by atoms with Gasteiger partial charge in [0, 0.05) is 48.0 Å². The van der Waals surface area contributed by atoms with E-state index in [1.807, 2.05) is 0 Å². The van der Waals surface area contributed by atoms with Crippen molar-refractivity contribution in [1.82, 2.24) is 4.57 Å². The minimum atomic E-state index is -3.09. The van der Waals surface area contributed by atoms with E-state index in [9.17, 15) is 23.2 Å². The normalized spacial score (nSPS) is 13.3. The molecule has 1 aromatic heterocycles. The van der Waals surface area contributed by atoms with Gasteiger partial charge in [0.1, 0.15) is 11.5 Å². The highest BCUT2D eigenvalue weighted by molar-refractivity contribution is 6.31. The molecule has 3 aromatic rings. The zero-order chi connectivity index (χ0) is 27.4. The summed E-state index contributed by atoms with van der Waals surface area (Å²) in [7, 11) is 2.85. The van der Waals surface area contributed by atoms with Crippen LogP contribution in [0, 0.1) is 0 Å². The zero-order valence-electron chi connectivity index (χ0n) is 20.6. The topological polar surface area (TPSA) is 95.9 Å². The van der Waals surface area contributed by atoms with E-state index in [4.69, 9.17) is 21.1 Å². The third-order valence-corrected chi connectivity index (χ3v) is 6.42. The summed E-state index contributed by atoms with van der Waals surface area (Å²) in [5.41, 5.74) is 2.00. The summed E-state index contributed by atoms with van der Waals surface area (Å²) in [5, 5.41) is 3.00. The summed E-state index contributed by atoms with van der Waals surface area (Å²) in [4.78, 5) is 38.4. The van der Waals surface area contributed by atoms with Crippen molar-refractivity contribution >= 4 is 29.0 Å². The van der Waals surface area contributed by atoms with Gasteiger partial charge in [0.2, 0.25) is 5.91 Å². The van der Waals surface area contributed by atoms with Crippen LogP contribution in [0.25, 0.3) is 11.1 Å². The number of halogens is 3. The van der Waals surface area contributed by atoms with Crippen LogP contribution in [-0.4, -0.2) is 43.7 Å². The van der Waals surface area contributed by atoms with Crippen LogP contribution in [0.1, 0.15) is 23.6 Å². The molecule has 2 heterocycles. The molecule has 1 aliphatic heterocycles. The van der Waals surface area contributed by atoms with Crippen molar-refractivity contribution in [3.63, 3.8) is 0 Å². The lowest BCUT2D eigenvalue weighted by Gasteiger charge is -2.21. The number of hydrogen-bond acceptors (Lipinski definition) is 6. The van der Waals surface area contributed by atoms with E-state index >= 15 is 0 Å². The first-order valence-electron chi connectivity index (χ1n) is 11.7. The van der Waals surface area contributed by atoms with Gasteiger partial charge in [-0.1, -0.05) is 23.7 Å². The first kappa shape index (κ1) is 27.3. The number of nitrogens with one attached hydrogen (secondary N) is 1. The Labute approximate surface area is 222 Å². The van der Waals surface area contributed by atoms with Gasteiger partial charge in [-0.3, -0.25) is 14.4 Å². The van der Waals surface area contributed by atoms with Crippen LogP contribution in [-0.2, 0) is 27.2 Å². The average molecular weight is 547 g/mol. The Morgan fingerprint density at radius 3 is 2.55 bits per heavy atom. The fourth-order valence-corrected chi connectivity index (χ4v) is 4.63. The van der Waals surface area contributed by atoms with Gasteiger partial charge in [0.15, 0.2) is 5.78 Å². The number of amides is 1. The monoisotopic (exact) mass is 546 g/mol. The SMILES string of the molecule is COCCC(C(=O)Cc1ccc2c(c1)CC(=O)N2)n1cc(OC)c(-c2cc(Cl)ccc2OC(F)F)cc1=O. The summed E-state index contributed by atoms with van der Waals surface area (Å²) in [6.07, 6.45) is 1.84. The van der Waals surface area contributed by atoms with E-state index in [-0.39, 0.29) is 65.2 Å². The Hall–Kier alpha value is -3.76. The molecule has 8 nitrogen and oxygen atoms in total. The molecule has 0 bridgehead atoms. The summed E-state index contributed by atoms with van der Waals surface area (Å²) < 4.78 is 42.5. The summed E-state index contributed by atoms with van der Waals surface area (Å²) in [5.74, 6) is -0.387. The van der Waals surface area contributed by atoms with Crippen LogP contribution in [0.15, 0.2) is 53.5 Å². The molecule has 1 amide bonds.